The van der Waals surface area contributed by atoms with Gasteiger partial charge in [0.1, 0.15) is 0 Å². The van der Waals surface area contributed by atoms with Crippen molar-refractivity contribution >= 4 is 29.9 Å². The van der Waals surface area contributed by atoms with Gasteiger partial charge in [0.15, 0.2) is 0 Å². The first-order valence-corrected chi connectivity index (χ1v) is 5.43. The smallest absolute Gasteiger partial charge is 0.253 e. The minimum Gasteiger partial charge on any atom is -0.398 e. The lowest BCUT2D eigenvalue weighted by atomic mass is 10.1. The molecule has 0 saturated carbocycles. The summed E-state index contributed by atoms with van der Waals surface area (Å²) in [5.74, 6) is -0.462. The molecule has 1 rings (SSSR count). The molecule has 0 aliphatic heterocycles. The molecule has 0 bridgehead atoms. The Morgan fingerprint density at radius 3 is 2.50 bits per heavy atom. The van der Waals surface area contributed by atoms with E-state index >= 15 is 0 Å². The van der Waals surface area contributed by atoms with Crippen molar-refractivity contribution in [1.82, 2.24) is 10.2 Å². The number of nitrogens with two attached hydrogens (primary N) is 1. The van der Waals surface area contributed by atoms with Gasteiger partial charge in [0.2, 0.25) is 5.91 Å². The van der Waals surface area contributed by atoms with Crippen LogP contribution in [-0.2, 0) is 4.79 Å². The summed E-state index contributed by atoms with van der Waals surface area (Å²) in [7, 11) is 1.69. The Balaban J connectivity index is 0.00000289. The van der Waals surface area contributed by atoms with E-state index in [0.717, 1.165) is 0 Å². The number of carbonyl (C=O) groups is 2. The lowest BCUT2D eigenvalue weighted by Gasteiger charge is -2.14. The normalized spacial score (nSPS) is 9.22. The number of amides is 2. The topological polar surface area (TPSA) is 75.4 Å². The first-order valence-electron chi connectivity index (χ1n) is 5.43. The van der Waals surface area contributed by atoms with E-state index in [4.69, 9.17) is 5.73 Å². The summed E-state index contributed by atoms with van der Waals surface area (Å²) in [4.78, 5) is 24.7. The predicted octanol–water partition coefficient (Wildman–Crippen LogP) is 0.899. The van der Waals surface area contributed by atoms with Crippen LogP contribution in [0.2, 0.25) is 0 Å². The fraction of sp³-hybridized carbons (Fsp3) is 0.333. The third-order valence-electron chi connectivity index (χ3n) is 2.51. The minimum absolute atomic E-state index is 0. The van der Waals surface area contributed by atoms with Crippen molar-refractivity contribution in [1.29, 1.82) is 0 Å². The van der Waals surface area contributed by atoms with Gasteiger partial charge < -0.3 is 16.0 Å². The standard InChI is InChI=1S/C12H17N3O2.ClH/c1-3-15(2)11(16)8-14-12(17)9-6-4-5-7-10(9)13;/h4-7H,3,8,13H2,1-2H3,(H,14,17);1H. The Labute approximate surface area is 113 Å². The van der Waals surface area contributed by atoms with Crippen molar-refractivity contribution in [3.63, 3.8) is 0 Å². The maximum absolute atomic E-state index is 11.7. The highest BCUT2D eigenvalue weighted by molar-refractivity contribution is 6.00. The van der Waals surface area contributed by atoms with Gasteiger partial charge in [0.05, 0.1) is 12.1 Å². The number of halogens is 1. The van der Waals surface area contributed by atoms with Gasteiger partial charge in [-0.15, -0.1) is 12.4 Å². The summed E-state index contributed by atoms with van der Waals surface area (Å²) >= 11 is 0. The highest BCUT2D eigenvalue weighted by Crippen LogP contribution is 2.09. The number of likely N-dealkylation sites (N-methyl/N-ethyl adjacent to an activating group) is 1. The fourth-order valence-electron chi connectivity index (χ4n) is 1.27. The Hall–Kier alpha value is -1.75. The monoisotopic (exact) mass is 271 g/mol. The maximum Gasteiger partial charge on any atom is 0.253 e. The van der Waals surface area contributed by atoms with Crippen molar-refractivity contribution in [2.75, 3.05) is 25.9 Å². The van der Waals surface area contributed by atoms with Gasteiger partial charge in [0, 0.05) is 19.3 Å². The molecular weight excluding hydrogens is 254 g/mol. The van der Waals surface area contributed by atoms with E-state index in [0.29, 0.717) is 17.8 Å². The lowest BCUT2D eigenvalue weighted by Crippen LogP contribution is -2.38. The number of benzene rings is 1. The molecule has 100 valence electrons. The highest BCUT2D eigenvalue weighted by Gasteiger charge is 2.11. The van der Waals surface area contributed by atoms with Crippen molar-refractivity contribution in [3.8, 4) is 0 Å². The molecule has 0 aromatic heterocycles. The van der Waals surface area contributed by atoms with E-state index in [9.17, 15) is 9.59 Å². The van der Waals surface area contributed by atoms with Gasteiger partial charge in [0.25, 0.3) is 5.91 Å². The summed E-state index contributed by atoms with van der Waals surface area (Å²) in [5, 5.41) is 2.54. The maximum atomic E-state index is 11.7. The van der Waals surface area contributed by atoms with Crippen LogP contribution in [0.4, 0.5) is 5.69 Å². The zero-order chi connectivity index (χ0) is 12.8. The molecule has 0 spiro atoms. The van der Waals surface area contributed by atoms with Crippen molar-refractivity contribution < 1.29 is 9.59 Å². The Bertz CT molecular complexity index is 424. The van der Waals surface area contributed by atoms with Crippen LogP contribution in [0.15, 0.2) is 24.3 Å². The van der Waals surface area contributed by atoms with E-state index in [1.165, 1.54) is 4.90 Å². The van der Waals surface area contributed by atoms with E-state index in [1.807, 2.05) is 6.92 Å². The number of nitrogens with zero attached hydrogens (tertiary/aromatic N) is 1. The molecule has 0 fully saturated rings. The zero-order valence-corrected chi connectivity index (χ0v) is 11.3. The second-order valence-electron chi connectivity index (χ2n) is 3.68. The average molecular weight is 272 g/mol. The van der Waals surface area contributed by atoms with Crippen LogP contribution in [0.3, 0.4) is 0 Å². The third-order valence-corrected chi connectivity index (χ3v) is 2.51. The molecule has 1 aromatic rings. The Morgan fingerprint density at radius 2 is 1.94 bits per heavy atom. The SMILES string of the molecule is CCN(C)C(=O)CNC(=O)c1ccccc1N.Cl. The van der Waals surface area contributed by atoms with Gasteiger partial charge in [-0.05, 0) is 19.1 Å². The van der Waals surface area contributed by atoms with Crippen LogP contribution < -0.4 is 11.1 Å². The van der Waals surface area contributed by atoms with E-state index < -0.39 is 0 Å². The van der Waals surface area contributed by atoms with Crippen LogP contribution in [-0.4, -0.2) is 36.9 Å². The van der Waals surface area contributed by atoms with Crippen LogP contribution in [0.25, 0.3) is 0 Å². The number of nitrogen functional groups attached to an aromatic ring is 1. The molecule has 1 aromatic carbocycles. The second-order valence-corrected chi connectivity index (χ2v) is 3.68. The zero-order valence-electron chi connectivity index (χ0n) is 10.5. The van der Waals surface area contributed by atoms with Crippen LogP contribution in [0.5, 0.6) is 0 Å². The molecule has 6 heteroatoms. The second kappa shape index (κ2) is 7.55. The number of anilines is 1. The first kappa shape index (κ1) is 16.2. The van der Waals surface area contributed by atoms with E-state index in [1.54, 1.807) is 31.3 Å². The number of nitrogens with one attached hydrogen (secondary N) is 1. The molecule has 0 heterocycles. The average Bonchev–Trinajstić information content (AvgIpc) is 2.35. The molecular formula is C12H18ClN3O2. The summed E-state index contributed by atoms with van der Waals surface area (Å²) in [6.07, 6.45) is 0. The third kappa shape index (κ3) is 4.25. The summed E-state index contributed by atoms with van der Waals surface area (Å²) in [6, 6.07) is 6.75. The molecule has 0 saturated heterocycles. The van der Waals surface area contributed by atoms with Gasteiger partial charge in [-0.25, -0.2) is 0 Å². The number of hydrogen-bond acceptors (Lipinski definition) is 3. The van der Waals surface area contributed by atoms with Crippen LogP contribution >= 0.6 is 12.4 Å². The van der Waals surface area contributed by atoms with Crippen LogP contribution in [0.1, 0.15) is 17.3 Å². The van der Waals surface area contributed by atoms with Gasteiger partial charge in [-0.3, -0.25) is 9.59 Å². The molecule has 0 atom stereocenters. The number of hydrogen-bond donors (Lipinski definition) is 2. The molecule has 0 radical (unpaired) electrons. The molecule has 0 aliphatic carbocycles. The summed E-state index contributed by atoms with van der Waals surface area (Å²) in [6.45, 7) is 2.47. The van der Waals surface area contributed by atoms with Crippen LogP contribution in [0, 0.1) is 0 Å². The fourth-order valence-corrected chi connectivity index (χ4v) is 1.27. The van der Waals surface area contributed by atoms with Gasteiger partial charge in [-0.1, -0.05) is 12.1 Å². The largest absolute Gasteiger partial charge is 0.398 e. The molecule has 2 amide bonds. The Morgan fingerprint density at radius 1 is 1.33 bits per heavy atom. The number of carbonyl (C=O) groups excluding carboxylic acids is 2. The summed E-state index contributed by atoms with van der Waals surface area (Å²) in [5.41, 5.74) is 6.45. The molecule has 0 unspecified atom stereocenters. The van der Waals surface area contributed by atoms with Crippen molar-refractivity contribution in [2.45, 2.75) is 6.92 Å². The summed E-state index contributed by atoms with van der Waals surface area (Å²) < 4.78 is 0. The molecule has 18 heavy (non-hydrogen) atoms. The quantitative estimate of drug-likeness (QED) is 0.799. The van der Waals surface area contributed by atoms with Crippen molar-refractivity contribution in [2.24, 2.45) is 0 Å². The van der Waals surface area contributed by atoms with Crippen molar-refractivity contribution in [3.05, 3.63) is 29.8 Å². The molecule has 3 N–H and O–H groups in total. The first-order chi connectivity index (χ1) is 8.06. The van der Waals surface area contributed by atoms with E-state index in [-0.39, 0.29) is 30.8 Å². The number of para-hydroxylation sites is 1. The Kier molecular flexibility index (Phi) is 6.82. The van der Waals surface area contributed by atoms with E-state index in [2.05, 4.69) is 5.32 Å². The molecule has 5 nitrogen and oxygen atoms in total. The van der Waals surface area contributed by atoms with Gasteiger partial charge in [-0.2, -0.15) is 0 Å². The lowest BCUT2D eigenvalue weighted by molar-refractivity contribution is -0.128. The molecule has 0 aliphatic rings. The highest BCUT2D eigenvalue weighted by atomic mass is 35.5. The number of rotatable bonds is 4. The predicted molar refractivity (Wildman–Crippen MR) is 73.7 cm³/mol. The minimum atomic E-state index is -0.332. The van der Waals surface area contributed by atoms with Gasteiger partial charge >= 0.3 is 0 Å².